The Morgan fingerprint density at radius 3 is 3.05 bits per heavy atom. The first-order valence-corrected chi connectivity index (χ1v) is 7.78. The van der Waals surface area contributed by atoms with Crippen LogP contribution in [0.25, 0.3) is 20.9 Å². The molecule has 0 fully saturated rings. The Balaban J connectivity index is 1.84. The lowest BCUT2D eigenvalue weighted by molar-refractivity contribution is -0.119. The van der Waals surface area contributed by atoms with E-state index in [1.54, 1.807) is 11.3 Å². The molecule has 1 aliphatic carbocycles. The number of aromatic amines is 1. The number of benzene rings is 1. The molecule has 106 valence electrons. The number of rotatable bonds is 2. The third-order valence-corrected chi connectivity index (χ3v) is 5.05. The van der Waals surface area contributed by atoms with E-state index in [1.165, 1.54) is 0 Å². The van der Waals surface area contributed by atoms with Gasteiger partial charge in [0, 0.05) is 5.56 Å². The topological polar surface area (TPSA) is 84.7 Å². The predicted octanol–water partition coefficient (Wildman–Crippen LogP) is 2.59. The van der Waals surface area contributed by atoms with E-state index in [2.05, 4.69) is 21.2 Å². The molecule has 1 aromatic carbocycles. The Labute approximate surface area is 125 Å². The fourth-order valence-electron chi connectivity index (χ4n) is 2.98. The summed E-state index contributed by atoms with van der Waals surface area (Å²) in [7, 11) is 0. The van der Waals surface area contributed by atoms with E-state index >= 15 is 0 Å². The average molecular weight is 298 g/mol. The fraction of sp³-hybridized carbons (Fsp3) is 0.267. The summed E-state index contributed by atoms with van der Waals surface area (Å²) in [4.78, 5) is 16.2. The lowest BCUT2D eigenvalue weighted by Gasteiger charge is -2.18. The maximum absolute atomic E-state index is 11.6. The van der Waals surface area contributed by atoms with Crippen LogP contribution in [0, 0.1) is 0 Å². The van der Waals surface area contributed by atoms with Crippen molar-refractivity contribution in [1.82, 2.24) is 15.2 Å². The Kier molecular flexibility index (Phi) is 2.78. The standard InChI is InChI=1S/C15H14N4OS/c16-14(20)9-5-3-4-8-12(9)18-19-13(8)15-17-10-6-1-2-7-11(10)21-15/h1-2,6-7,9H,3-5H2,(H2,16,20)(H,18,19). The quantitative estimate of drug-likeness (QED) is 0.762. The number of carbonyl (C=O) groups excluding carboxylic acids is 1. The van der Waals surface area contributed by atoms with E-state index in [4.69, 9.17) is 5.73 Å². The van der Waals surface area contributed by atoms with Gasteiger partial charge >= 0.3 is 0 Å². The summed E-state index contributed by atoms with van der Waals surface area (Å²) < 4.78 is 1.14. The molecular formula is C15H14N4OS. The SMILES string of the molecule is NC(=O)C1CCCc2c(-c3nc4ccccc4s3)n[nH]c21. The third kappa shape index (κ3) is 1.94. The van der Waals surface area contributed by atoms with E-state index in [9.17, 15) is 4.79 Å². The number of para-hydroxylation sites is 1. The Hall–Kier alpha value is -2.21. The maximum atomic E-state index is 11.6. The first-order valence-electron chi connectivity index (χ1n) is 6.96. The molecule has 4 rings (SSSR count). The Morgan fingerprint density at radius 1 is 1.38 bits per heavy atom. The monoisotopic (exact) mass is 298 g/mol. The number of nitrogens with zero attached hydrogens (tertiary/aromatic N) is 2. The summed E-state index contributed by atoms with van der Waals surface area (Å²) >= 11 is 1.63. The largest absolute Gasteiger partial charge is 0.369 e. The third-order valence-electron chi connectivity index (χ3n) is 4.01. The molecule has 21 heavy (non-hydrogen) atoms. The highest BCUT2D eigenvalue weighted by Crippen LogP contribution is 2.38. The zero-order valence-electron chi connectivity index (χ0n) is 11.3. The molecule has 3 aromatic rings. The van der Waals surface area contributed by atoms with Crippen LogP contribution in [-0.4, -0.2) is 21.1 Å². The van der Waals surface area contributed by atoms with Crippen molar-refractivity contribution < 1.29 is 4.79 Å². The van der Waals surface area contributed by atoms with Gasteiger partial charge in [0.15, 0.2) is 0 Å². The zero-order valence-corrected chi connectivity index (χ0v) is 12.1. The van der Waals surface area contributed by atoms with Crippen LogP contribution in [-0.2, 0) is 11.2 Å². The number of hydrogen-bond donors (Lipinski definition) is 2. The molecule has 3 N–H and O–H groups in total. The van der Waals surface area contributed by atoms with Crippen LogP contribution >= 0.6 is 11.3 Å². The van der Waals surface area contributed by atoms with Gasteiger partial charge in [-0.3, -0.25) is 9.89 Å². The molecule has 0 radical (unpaired) electrons. The van der Waals surface area contributed by atoms with Gasteiger partial charge in [0.2, 0.25) is 5.91 Å². The normalized spacial score (nSPS) is 17.8. The molecule has 1 unspecified atom stereocenters. The van der Waals surface area contributed by atoms with Crippen molar-refractivity contribution in [1.29, 1.82) is 0 Å². The molecule has 1 amide bonds. The van der Waals surface area contributed by atoms with E-state index < -0.39 is 0 Å². The first-order chi connectivity index (χ1) is 10.2. The Bertz CT molecular complexity index is 802. The van der Waals surface area contributed by atoms with Crippen molar-refractivity contribution in [2.75, 3.05) is 0 Å². The molecular weight excluding hydrogens is 284 g/mol. The highest BCUT2D eigenvalue weighted by Gasteiger charge is 2.30. The van der Waals surface area contributed by atoms with Gasteiger partial charge in [0.05, 0.1) is 21.8 Å². The van der Waals surface area contributed by atoms with Crippen molar-refractivity contribution in [3.8, 4) is 10.7 Å². The highest BCUT2D eigenvalue weighted by molar-refractivity contribution is 7.21. The number of primary amides is 1. The number of aromatic nitrogens is 3. The van der Waals surface area contributed by atoms with Crippen LogP contribution in [0.3, 0.4) is 0 Å². The van der Waals surface area contributed by atoms with Crippen LogP contribution in [0.5, 0.6) is 0 Å². The fourth-order valence-corrected chi connectivity index (χ4v) is 3.96. The van der Waals surface area contributed by atoms with Crippen molar-refractivity contribution in [3.63, 3.8) is 0 Å². The van der Waals surface area contributed by atoms with Gasteiger partial charge in [-0.15, -0.1) is 11.3 Å². The van der Waals surface area contributed by atoms with Crippen LogP contribution in [0.1, 0.15) is 30.0 Å². The lowest BCUT2D eigenvalue weighted by atomic mass is 9.86. The van der Waals surface area contributed by atoms with Gasteiger partial charge in [-0.1, -0.05) is 12.1 Å². The number of amides is 1. The minimum atomic E-state index is -0.282. The second kappa shape index (κ2) is 4.66. The van der Waals surface area contributed by atoms with Crippen molar-refractivity contribution in [2.24, 2.45) is 5.73 Å². The summed E-state index contributed by atoms with van der Waals surface area (Å²) in [6.45, 7) is 0. The van der Waals surface area contributed by atoms with Gasteiger partial charge in [-0.2, -0.15) is 5.10 Å². The molecule has 1 aliphatic rings. The molecule has 0 saturated heterocycles. The van der Waals surface area contributed by atoms with Crippen LogP contribution < -0.4 is 5.73 Å². The first kappa shape index (κ1) is 12.5. The van der Waals surface area contributed by atoms with Gasteiger partial charge in [-0.25, -0.2) is 4.98 Å². The molecule has 1 atom stereocenters. The van der Waals surface area contributed by atoms with Gasteiger partial charge in [0.25, 0.3) is 0 Å². The van der Waals surface area contributed by atoms with Crippen LogP contribution in [0.4, 0.5) is 0 Å². The smallest absolute Gasteiger partial charge is 0.226 e. The summed E-state index contributed by atoms with van der Waals surface area (Å²) in [5.41, 5.74) is 9.33. The number of fused-ring (bicyclic) bond motifs is 2. The van der Waals surface area contributed by atoms with Gasteiger partial charge in [0.1, 0.15) is 10.7 Å². The number of thiazole rings is 1. The second-order valence-corrected chi connectivity index (χ2v) is 6.33. The minimum absolute atomic E-state index is 0.246. The molecule has 0 spiro atoms. The van der Waals surface area contributed by atoms with E-state index in [1.807, 2.05) is 18.2 Å². The van der Waals surface area contributed by atoms with E-state index in [-0.39, 0.29) is 11.8 Å². The molecule has 2 aromatic heterocycles. The Morgan fingerprint density at radius 2 is 2.24 bits per heavy atom. The average Bonchev–Trinajstić information content (AvgIpc) is 3.09. The number of nitrogens with two attached hydrogens (primary N) is 1. The number of H-pyrrole nitrogens is 1. The van der Waals surface area contributed by atoms with Crippen molar-refractivity contribution in [3.05, 3.63) is 35.5 Å². The minimum Gasteiger partial charge on any atom is -0.369 e. The van der Waals surface area contributed by atoms with Crippen molar-refractivity contribution in [2.45, 2.75) is 25.2 Å². The molecule has 0 bridgehead atoms. The summed E-state index contributed by atoms with van der Waals surface area (Å²) in [6.07, 6.45) is 2.67. The predicted molar refractivity (Wildman–Crippen MR) is 82.1 cm³/mol. The molecule has 0 saturated carbocycles. The van der Waals surface area contributed by atoms with Crippen LogP contribution in [0.2, 0.25) is 0 Å². The summed E-state index contributed by atoms with van der Waals surface area (Å²) in [5, 5.41) is 8.33. The number of nitrogens with one attached hydrogen (secondary N) is 1. The van der Waals surface area contributed by atoms with Crippen molar-refractivity contribution >= 4 is 27.5 Å². The van der Waals surface area contributed by atoms with Crippen LogP contribution in [0.15, 0.2) is 24.3 Å². The molecule has 0 aliphatic heterocycles. The van der Waals surface area contributed by atoms with Gasteiger partial charge in [-0.05, 0) is 31.4 Å². The highest BCUT2D eigenvalue weighted by atomic mass is 32.1. The van der Waals surface area contributed by atoms with E-state index in [0.717, 1.165) is 51.4 Å². The van der Waals surface area contributed by atoms with Gasteiger partial charge < -0.3 is 5.73 Å². The number of carbonyl (C=O) groups is 1. The molecule has 6 heteroatoms. The maximum Gasteiger partial charge on any atom is 0.226 e. The second-order valence-electron chi connectivity index (χ2n) is 5.30. The summed E-state index contributed by atoms with van der Waals surface area (Å²) in [6, 6.07) is 8.05. The van der Waals surface area contributed by atoms with E-state index in [0.29, 0.717) is 0 Å². The summed E-state index contributed by atoms with van der Waals surface area (Å²) in [5.74, 6) is -0.528. The molecule has 5 nitrogen and oxygen atoms in total. The lowest BCUT2D eigenvalue weighted by Crippen LogP contribution is -2.25. The molecule has 2 heterocycles. The number of hydrogen-bond acceptors (Lipinski definition) is 4. The zero-order chi connectivity index (χ0) is 14.4.